The molecule has 0 radical (unpaired) electrons. The lowest BCUT2D eigenvalue weighted by Gasteiger charge is -2.35. The average molecular weight is 575 g/mol. The number of benzene rings is 2. The SMILES string of the molecule is Cc1ccc(OCc2ccc(C(=O)N3CCN(C)CC3)cc2C)c(-c2csc(N3C[C@H]4CC[C@@H](C3)[C@H]4C(=O)O)n2)c1. The van der Waals surface area contributed by atoms with Crippen molar-refractivity contribution in [1.29, 1.82) is 0 Å². The van der Waals surface area contributed by atoms with Gasteiger partial charge in [-0.1, -0.05) is 17.7 Å². The van der Waals surface area contributed by atoms with E-state index in [-0.39, 0.29) is 23.7 Å². The van der Waals surface area contributed by atoms with Crippen molar-refractivity contribution in [2.24, 2.45) is 17.8 Å². The third kappa shape index (κ3) is 5.70. The Hall–Kier alpha value is -3.43. The summed E-state index contributed by atoms with van der Waals surface area (Å²) < 4.78 is 6.37. The van der Waals surface area contributed by atoms with Crippen molar-refractivity contribution in [2.75, 3.05) is 51.2 Å². The number of carbonyl (C=O) groups excluding carboxylic acids is 1. The molecule has 3 atom stereocenters. The summed E-state index contributed by atoms with van der Waals surface area (Å²) in [6.07, 6.45) is 1.97. The van der Waals surface area contributed by atoms with Crippen LogP contribution in [-0.4, -0.2) is 78.1 Å². The molecule has 2 aromatic carbocycles. The molecule has 41 heavy (non-hydrogen) atoms. The number of nitrogens with zero attached hydrogens (tertiary/aromatic N) is 4. The van der Waals surface area contributed by atoms with Crippen LogP contribution in [0.4, 0.5) is 5.13 Å². The summed E-state index contributed by atoms with van der Waals surface area (Å²) in [7, 11) is 2.09. The number of hydrogen-bond acceptors (Lipinski definition) is 7. The monoisotopic (exact) mass is 574 g/mol. The number of rotatable bonds is 7. The van der Waals surface area contributed by atoms with E-state index in [9.17, 15) is 14.7 Å². The van der Waals surface area contributed by atoms with Gasteiger partial charge >= 0.3 is 5.97 Å². The predicted octanol–water partition coefficient (Wildman–Crippen LogP) is 4.94. The number of amides is 1. The fraction of sp³-hybridized carbons (Fsp3) is 0.469. The lowest BCUT2D eigenvalue weighted by molar-refractivity contribution is -0.144. The first-order valence-electron chi connectivity index (χ1n) is 14.5. The van der Waals surface area contributed by atoms with Gasteiger partial charge in [-0.05, 0) is 81.0 Å². The van der Waals surface area contributed by atoms with Gasteiger partial charge in [0.05, 0.1) is 11.6 Å². The molecule has 3 heterocycles. The number of aliphatic carboxylic acids is 1. The van der Waals surface area contributed by atoms with Crippen LogP contribution >= 0.6 is 11.3 Å². The molecule has 1 aliphatic carbocycles. The summed E-state index contributed by atoms with van der Waals surface area (Å²) in [4.78, 5) is 36.2. The van der Waals surface area contributed by atoms with E-state index >= 15 is 0 Å². The van der Waals surface area contributed by atoms with Crippen molar-refractivity contribution in [3.05, 3.63) is 64.0 Å². The van der Waals surface area contributed by atoms with E-state index < -0.39 is 5.97 Å². The van der Waals surface area contributed by atoms with Gasteiger partial charge in [0.1, 0.15) is 12.4 Å². The number of likely N-dealkylation sites (N-methyl/N-ethyl adjacent to an activating group) is 1. The Bertz CT molecular complexity index is 1430. The zero-order valence-electron chi connectivity index (χ0n) is 24.0. The van der Waals surface area contributed by atoms with E-state index in [1.54, 1.807) is 11.3 Å². The molecule has 9 heteroatoms. The van der Waals surface area contributed by atoms with Crippen LogP contribution in [0.5, 0.6) is 5.75 Å². The van der Waals surface area contributed by atoms with E-state index in [1.807, 2.05) is 42.2 Å². The smallest absolute Gasteiger partial charge is 0.307 e. The summed E-state index contributed by atoms with van der Waals surface area (Å²) in [5, 5.41) is 12.7. The topological polar surface area (TPSA) is 86.2 Å². The average Bonchev–Trinajstić information content (AvgIpc) is 3.55. The van der Waals surface area contributed by atoms with Gasteiger partial charge in [0.25, 0.3) is 5.91 Å². The lowest BCUT2D eigenvalue weighted by atomic mass is 9.85. The van der Waals surface area contributed by atoms with Crippen LogP contribution in [0, 0.1) is 31.6 Å². The van der Waals surface area contributed by atoms with Gasteiger partial charge in [-0.3, -0.25) is 9.59 Å². The van der Waals surface area contributed by atoms with Crippen molar-refractivity contribution >= 4 is 28.3 Å². The number of piperidine rings is 1. The number of anilines is 1. The number of carboxylic acid groups (broad SMARTS) is 1. The molecule has 0 unspecified atom stereocenters. The molecule has 1 saturated carbocycles. The molecule has 0 spiro atoms. The Labute approximate surface area is 245 Å². The fourth-order valence-electron chi connectivity index (χ4n) is 6.62. The van der Waals surface area contributed by atoms with Crippen LogP contribution in [0.25, 0.3) is 11.3 Å². The Morgan fingerprint density at radius 2 is 1.76 bits per heavy atom. The first-order valence-corrected chi connectivity index (χ1v) is 15.4. The lowest BCUT2D eigenvalue weighted by Crippen LogP contribution is -2.47. The molecule has 1 aromatic heterocycles. The van der Waals surface area contributed by atoms with Crippen molar-refractivity contribution in [3.63, 3.8) is 0 Å². The molecule has 2 saturated heterocycles. The summed E-state index contributed by atoms with van der Waals surface area (Å²) in [5.41, 5.74) is 5.76. The minimum Gasteiger partial charge on any atom is -0.488 e. The molecular weight excluding hydrogens is 536 g/mol. The highest BCUT2D eigenvalue weighted by Crippen LogP contribution is 2.44. The summed E-state index contributed by atoms with van der Waals surface area (Å²) in [5.74, 6) is 0.393. The van der Waals surface area contributed by atoms with Gasteiger partial charge in [-0.2, -0.15) is 0 Å². The summed E-state index contributed by atoms with van der Waals surface area (Å²) in [6, 6.07) is 12.0. The van der Waals surface area contributed by atoms with Crippen LogP contribution in [0.1, 0.15) is 39.9 Å². The molecular formula is C32H38N4O4S. The van der Waals surface area contributed by atoms with Gasteiger partial charge in [0.15, 0.2) is 5.13 Å². The van der Waals surface area contributed by atoms with E-state index in [0.717, 1.165) is 96.5 Å². The maximum Gasteiger partial charge on any atom is 0.307 e. The number of aryl methyl sites for hydroxylation is 2. The number of piperazine rings is 1. The van der Waals surface area contributed by atoms with E-state index in [1.165, 1.54) is 0 Å². The molecule has 6 rings (SSSR count). The van der Waals surface area contributed by atoms with Crippen LogP contribution < -0.4 is 9.64 Å². The number of hydrogen-bond donors (Lipinski definition) is 1. The number of aromatic nitrogens is 1. The molecule has 3 aromatic rings. The van der Waals surface area contributed by atoms with Crippen molar-refractivity contribution in [1.82, 2.24) is 14.8 Å². The Kier molecular flexibility index (Phi) is 7.74. The number of thiazole rings is 1. The normalized spacial score (nSPS) is 22.7. The number of carboxylic acids is 1. The molecule has 1 amide bonds. The van der Waals surface area contributed by atoms with Crippen molar-refractivity contribution in [2.45, 2.75) is 33.3 Å². The van der Waals surface area contributed by atoms with E-state index in [0.29, 0.717) is 6.61 Å². The van der Waals surface area contributed by atoms with Gasteiger partial charge in [-0.15, -0.1) is 11.3 Å². The maximum atomic E-state index is 13.0. The number of ether oxygens (including phenoxy) is 1. The standard InChI is InChI=1S/C32H38N4O4S/c1-20-4-9-28(40-18-25-8-5-22(15-21(25)2)30(37)35-12-10-34(3)11-13-35)26(14-20)27-19-41-32(33-27)36-16-23-6-7-24(17-36)29(23)31(38)39/h4-5,8-9,14-15,19,23-24,29H,6-7,10-13,16-18H2,1-3H3,(H,38,39)/t23-,24+,29+. The van der Waals surface area contributed by atoms with Gasteiger partial charge in [0.2, 0.25) is 0 Å². The van der Waals surface area contributed by atoms with Gasteiger partial charge in [-0.25, -0.2) is 4.98 Å². The largest absolute Gasteiger partial charge is 0.488 e. The Balaban J connectivity index is 1.15. The first-order chi connectivity index (χ1) is 19.8. The Morgan fingerprint density at radius 1 is 1.02 bits per heavy atom. The maximum absolute atomic E-state index is 13.0. The second-order valence-corrected chi connectivity index (χ2v) is 12.7. The molecule has 3 aliphatic rings. The van der Waals surface area contributed by atoms with Crippen LogP contribution in [0.2, 0.25) is 0 Å². The third-order valence-corrected chi connectivity index (χ3v) is 9.96. The predicted molar refractivity (Wildman–Crippen MR) is 161 cm³/mol. The van der Waals surface area contributed by atoms with Crippen molar-refractivity contribution in [3.8, 4) is 17.0 Å². The number of fused-ring (bicyclic) bond motifs is 2. The van der Waals surface area contributed by atoms with Crippen LogP contribution in [0.15, 0.2) is 41.8 Å². The summed E-state index contributed by atoms with van der Waals surface area (Å²) >= 11 is 1.61. The van der Waals surface area contributed by atoms with Crippen molar-refractivity contribution < 1.29 is 19.4 Å². The molecule has 2 bridgehead atoms. The van der Waals surface area contributed by atoms with E-state index in [2.05, 4.69) is 35.2 Å². The fourth-order valence-corrected chi connectivity index (χ4v) is 7.47. The third-order valence-electron chi connectivity index (χ3n) is 9.06. The van der Waals surface area contributed by atoms with E-state index in [4.69, 9.17) is 9.72 Å². The quantitative estimate of drug-likeness (QED) is 0.428. The minimum absolute atomic E-state index is 0.0917. The van der Waals surface area contributed by atoms with Crippen LogP contribution in [0.3, 0.4) is 0 Å². The van der Waals surface area contributed by atoms with Crippen LogP contribution in [-0.2, 0) is 11.4 Å². The molecule has 1 N–H and O–H groups in total. The zero-order chi connectivity index (χ0) is 28.7. The zero-order valence-corrected chi connectivity index (χ0v) is 24.8. The minimum atomic E-state index is -0.648. The number of carbonyl (C=O) groups is 2. The highest BCUT2D eigenvalue weighted by molar-refractivity contribution is 7.14. The summed E-state index contributed by atoms with van der Waals surface area (Å²) in [6.45, 7) is 9.33. The highest BCUT2D eigenvalue weighted by Gasteiger charge is 2.46. The molecule has 216 valence electrons. The Morgan fingerprint density at radius 3 is 2.44 bits per heavy atom. The second-order valence-electron chi connectivity index (χ2n) is 11.9. The molecule has 8 nitrogen and oxygen atoms in total. The molecule has 3 fully saturated rings. The first kappa shape index (κ1) is 27.7. The molecule has 2 aliphatic heterocycles. The second kappa shape index (κ2) is 11.4. The van der Waals surface area contributed by atoms with Gasteiger partial charge < -0.3 is 24.5 Å². The van der Waals surface area contributed by atoms with Gasteiger partial charge in [0, 0.05) is 55.8 Å². The highest BCUT2D eigenvalue weighted by atomic mass is 32.1.